The highest BCUT2D eigenvalue weighted by Crippen LogP contribution is 2.23. The van der Waals surface area contributed by atoms with E-state index >= 15 is 0 Å². The van der Waals surface area contributed by atoms with E-state index < -0.39 is 0 Å². The van der Waals surface area contributed by atoms with Crippen LogP contribution in [0.15, 0.2) is 24.3 Å². The van der Waals surface area contributed by atoms with E-state index in [4.69, 9.17) is 4.74 Å². The van der Waals surface area contributed by atoms with Gasteiger partial charge in [-0.25, -0.2) is 9.67 Å². The first-order chi connectivity index (χ1) is 11.7. The molecule has 3 rings (SSSR count). The maximum Gasteiger partial charge on any atom is 0.176 e. The van der Waals surface area contributed by atoms with Crippen molar-refractivity contribution < 1.29 is 9.84 Å². The van der Waals surface area contributed by atoms with Crippen LogP contribution in [0.25, 0.3) is 11.4 Å². The van der Waals surface area contributed by atoms with Gasteiger partial charge < -0.3 is 19.6 Å². The summed E-state index contributed by atoms with van der Waals surface area (Å²) in [6.07, 6.45) is 0. The van der Waals surface area contributed by atoms with Crippen LogP contribution in [0.1, 0.15) is 5.82 Å². The predicted octanol–water partition coefficient (Wildman–Crippen LogP) is 0.836. The SMILES string of the molecule is COCc1nc(-c2ccc(N3CCN(C)CC3)cc2)n(CCO)n1. The molecule has 0 saturated carbocycles. The highest BCUT2D eigenvalue weighted by Gasteiger charge is 2.15. The molecule has 7 heteroatoms. The monoisotopic (exact) mass is 331 g/mol. The number of aromatic nitrogens is 3. The molecule has 1 aromatic heterocycles. The van der Waals surface area contributed by atoms with Gasteiger partial charge in [-0.3, -0.25) is 0 Å². The first kappa shape index (κ1) is 16.9. The fourth-order valence-electron chi connectivity index (χ4n) is 2.93. The van der Waals surface area contributed by atoms with E-state index in [-0.39, 0.29) is 6.61 Å². The van der Waals surface area contributed by atoms with Crippen molar-refractivity contribution in [3.8, 4) is 11.4 Å². The van der Waals surface area contributed by atoms with E-state index in [0.29, 0.717) is 19.0 Å². The average molecular weight is 331 g/mol. The number of piperazine rings is 1. The van der Waals surface area contributed by atoms with Crippen molar-refractivity contribution in [2.24, 2.45) is 0 Å². The van der Waals surface area contributed by atoms with E-state index in [2.05, 4.69) is 51.2 Å². The van der Waals surface area contributed by atoms with Crippen molar-refractivity contribution in [2.75, 3.05) is 51.8 Å². The van der Waals surface area contributed by atoms with Gasteiger partial charge in [-0.15, -0.1) is 0 Å². The van der Waals surface area contributed by atoms with Gasteiger partial charge in [0.05, 0.1) is 13.2 Å². The number of nitrogens with zero attached hydrogens (tertiary/aromatic N) is 5. The lowest BCUT2D eigenvalue weighted by atomic mass is 10.1. The molecule has 0 amide bonds. The topological polar surface area (TPSA) is 66.7 Å². The summed E-state index contributed by atoms with van der Waals surface area (Å²) >= 11 is 0. The Morgan fingerprint density at radius 1 is 1.12 bits per heavy atom. The van der Waals surface area contributed by atoms with Gasteiger partial charge in [0.25, 0.3) is 0 Å². The van der Waals surface area contributed by atoms with Crippen LogP contribution in [-0.4, -0.2) is 71.7 Å². The van der Waals surface area contributed by atoms with E-state index in [1.165, 1.54) is 5.69 Å². The van der Waals surface area contributed by atoms with Gasteiger partial charge in [0.2, 0.25) is 0 Å². The zero-order valence-corrected chi connectivity index (χ0v) is 14.4. The highest BCUT2D eigenvalue weighted by molar-refractivity contribution is 5.61. The standard InChI is InChI=1S/C17H25N5O2/c1-20-7-9-21(10-8-20)15-5-3-14(4-6-15)17-18-16(13-24-2)19-22(17)11-12-23/h3-6,23H,7-13H2,1-2H3. The second kappa shape index (κ2) is 7.74. The van der Waals surface area contributed by atoms with Gasteiger partial charge in [-0.1, -0.05) is 0 Å². The molecule has 0 spiro atoms. The Balaban J connectivity index is 1.80. The van der Waals surface area contributed by atoms with Gasteiger partial charge in [0.15, 0.2) is 11.6 Å². The van der Waals surface area contributed by atoms with Gasteiger partial charge in [0.1, 0.15) is 6.61 Å². The summed E-state index contributed by atoms with van der Waals surface area (Å²) in [5, 5.41) is 13.6. The first-order valence-electron chi connectivity index (χ1n) is 8.28. The number of likely N-dealkylation sites (N-methyl/N-ethyl adjacent to an activating group) is 1. The lowest BCUT2D eigenvalue weighted by Gasteiger charge is -2.34. The first-order valence-corrected chi connectivity index (χ1v) is 8.28. The minimum atomic E-state index is 0.0299. The third-order valence-corrected chi connectivity index (χ3v) is 4.29. The fraction of sp³-hybridized carbons (Fsp3) is 0.529. The van der Waals surface area contributed by atoms with Crippen molar-refractivity contribution in [2.45, 2.75) is 13.2 Å². The van der Waals surface area contributed by atoms with Gasteiger partial charge in [-0.2, -0.15) is 5.10 Å². The van der Waals surface area contributed by atoms with Crippen LogP contribution < -0.4 is 4.90 Å². The number of ether oxygens (including phenoxy) is 1. The molecule has 2 heterocycles. The summed E-state index contributed by atoms with van der Waals surface area (Å²) in [4.78, 5) is 9.28. The molecule has 0 aliphatic carbocycles. The van der Waals surface area contributed by atoms with Crippen LogP contribution in [0.5, 0.6) is 0 Å². The molecule has 1 aliphatic rings. The Morgan fingerprint density at radius 3 is 2.46 bits per heavy atom. The number of hydrogen-bond donors (Lipinski definition) is 1. The van der Waals surface area contributed by atoms with Crippen molar-refractivity contribution in [3.63, 3.8) is 0 Å². The molecule has 1 aromatic carbocycles. The van der Waals surface area contributed by atoms with Gasteiger partial charge in [-0.05, 0) is 31.3 Å². The summed E-state index contributed by atoms with van der Waals surface area (Å²) in [7, 11) is 3.78. The van der Waals surface area contributed by atoms with Crippen molar-refractivity contribution in [1.82, 2.24) is 19.7 Å². The summed E-state index contributed by atoms with van der Waals surface area (Å²) < 4.78 is 6.84. The number of aliphatic hydroxyl groups is 1. The second-order valence-electron chi connectivity index (χ2n) is 6.07. The zero-order valence-electron chi connectivity index (χ0n) is 14.4. The number of rotatable bonds is 6. The molecule has 1 fully saturated rings. The molecule has 0 atom stereocenters. The van der Waals surface area contributed by atoms with Gasteiger partial charge in [0, 0.05) is 44.5 Å². The smallest absolute Gasteiger partial charge is 0.176 e. The van der Waals surface area contributed by atoms with Crippen LogP contribution in [0.2, 0.25) is 0 Å². The molecule has 1 aliphatic heterocycles. The molecule has 7 nitrogen and oxygen atoms in total. The molecule has 1 saturated heterocycles. The molecule has 0 bridgehead atoms. The van der Waals surface area contributed by atoms with Crippen LogP contribution in [-0.2, 0) is 17.9 Å². The molecular weight excluding hydrogens is 306 g/mol. The fourth-order valence-corrected chi connectivity index (χ4v) is 2.93. The highest BCUT2D eigenvalue weighted by atomic mass is 16.5. The molecule has 0 radical (unpaired) electrons. The Hall–Kier alpha value is -1.96. The predicted molar refractivity (Wildman–Crippen MR) is 93.0 cm³/mol. The quantitative estimate of drug-likeness (QED) is 0.846. The second-order valence-corrected chi connectivity index (χ2v) is 6.07. The Labute approximate surface area is 142 Å². The lowest BCUT2D eigenvalue weighted by Crippen LogP contribution is -2.44. The lowest BCUT2D eigenvalue weighted by molar-refractivity contribution is 0.177. The third-order valence-electron chi connectivity index (χ3n) is 4.29. The maximum absolute atomic E-state index is 9.24. The maximum atomic E-state index is 9.24. The van der Waals surface area contributed by atoms with Crippen LogP contribution in [0.4, 0.5) is 5.69 Å². The molecule has 130 valence electrons. The summed E-state index contributed by atoms with van der Waals surface area (Å²) in [6, 6.07) is 8.41. The number of methoxy groups -OCH3 is 1. The van der Waals surface area contributed by atoms with Crippen molar-refractivity contribution in [1.29, 1.82) is 0 Å². The summed E-state index contributed by atoms with van der Waals surface area (Å²) in [5.41, 5.74) is 2.23. The third kappa shape index (κ3) is 3.75. The summed E-state index contributed by atoms with van der Waals surface area (Å²) in [5.74, 6) is 1.39. The van der Waals surface area contributed by atoms with E-state index in [1.807, 2.05) is 0 Å². The molecule has 2 aromatic rings. The van der Waals surface area contributed by atoms with Crippen LogP contribution in [0, 0.1) is 0 Å². The van der Waals surface area contributed by atoms with Crippen LogP contribution in [0.3, 0.4) is 0 Å². The Bertz CT molecular complexity index is 648. The average Bonchev–Trinajstić information content (AvgIpc) is 2.99. The largest absolute Gasteiger partial charge is 0.394 e. The number of aliphatic hydroxyl groups excluding tert-OH is 1. The Kier molecular flexibility index (Phi) is 5.44. The van der Waals surface area contributed by atoms with E-state index in [9.17, 15) is 5.11 Å². The minimum Gasteiger partial charge on any atom is -0.394 e. The normalized spacial score (nSPS) is 15.9. The van der Waals surface area contributed by atoms with Crippen molar-refractivity contribution in [3.05, 3.63) is 30.1 Å². The van der Waals surface area contributed by atoms with Crippen molar-refractivity contribution >= 4 is 5.69 Å². The zero-order chi connectivity index (χ0) is 16.9. The summed E-state index contributed by atoms with van der Waals surface area (Å²) in [6.45, 7) is 5.10. The molecular formula is C17H25N5O2. The molecule has 1 N–H and O–H groups in total. The molecule has 0 unspecified atom stereocenters. The number of benzene rings is 1. The van der Waals surface area contributed by atoms with E-state index in [1.54, 1.807) is 11.8 Å². The Morgan fingerprint density at radius 2 is 1.83 bits per heavy atom. The number of anilines is 1. The van der Waals surface area contributed by atoms with E-state index in [0.717, 1.165) is 37.6 Å². The molecule has 24 heavy (non-hydrogen) atoms. The number of hydrogen-bond acceptors (Lipinski definition) is 6. The minimum absolute atomic E-state index is 0.0299. The van der Waals surface area contributed by atoms with Gasteiger partial charge >= 0.3 is 0 Å². The van der Waals surface area contributed by atoms with Crippen LogP contribution >= 0.6 is 0 Å².